The number of fused-ring (bicyclic) bond motifs is 11. The van der Waals surface area contributed by atoms with Crippen molar-refractivity contribution in [2.24, 2.45) is 0 Å². The van der Waals surface area contributed by atoms with Crippen LogP contribution in [0.2, 0.25) is 0 Å². The SMILES string of the molecule is c1ccc2c(c1)Cc1cc3c(cc1-2)Cc1ccc2c(c1-3)N1c3ccccc3Cc3cccc(c31)C2. The third-order valence-electron chi connectivity index (χ3n) is 8.66. The molecule has 9 rings (SSSR count). The summed E-state index contributed by atoms with van der Waals surface area (Å²) >= 11 is 0. The number of hydrogen-bond donors (Lipinski definition) is 0. The summed E-state index contributed by atoms with van der Waals surface area (Å²) in [5.74, 6) is 0. The van der Waals surface area contributed by atoms with Gasteiger partial charge in [0.2, 0.25) is 0 Å². The highest BCUT2D eigenvalue weighted by Gasteiger charge is 2.36. The summed E-state index contributed by atoms with van der Waals surface area (Å²) in [6, 6.07) is 34.7. The van der Waals surface area contributed by atoms with Crippen molar-refractivity contribution in [3.8, 4) is 22.3 Å². The van der Waals surface area contributed by atoms with E-state index in [0.29, 0.717) is 0 Å². The second kappa shape index (κ2) is 6.31. The topological polar surface area (TPSA) is 3.24 Å². The quantitative estimate of drug-likeness (QED) is 0.228. The van der Waals surface area contributed by atoms with E-state index in [-0.39, 0.29) is 0 Å². The monoisotopic (exact) mass is 445 g/mol. The molecular formula is C34H23N. The number of anilines is 3. The van der Waals surface area contributed by atoms with E-state index >= 15 is 0 Å². The van der Waals surface area contributed by atoms with E-state index in [2.05, 4.69) is 95.9 Å². The van der Waals surface area contributed by atoms with Crippen LogP contribution >= 0.6 is 0 Å². The average Bonchev–Trinajstić information content (AvgIpc) is 3.44. The Morgan fingerprint density at radius 2 is 1.00 bits per heavy atom. The molecule has 2 aliphatic heterocycles. The normalized spacial score (nSPS) is 14.9. The van der Waals surface area contributed by atoms with Crippen molar-refractivity contribution in [3.05, 3.63) is 136 Å². The van der Waals surface area contributed by atoms with Crippen LogP contribution in [-0.2, 0) is 25.7 Å². The first-order valence-electron chi connectivity index (χ1n) is 12.7. The molecule has 4 aliphatic rings. The van der Waals surface area contributed by atoms with Gasteiger partial charge < -0.3 is 4.90 Å². The zero-order valence-corrected chi connectivity index (χ0v) is 19.4. The van der Waals surface area contributed by atoms with Crippen molar-refractivity contribution >= 4 is 17.1 Å². The van der Waals surface area contributed by atoms with Crippen LogP contribution in [0.25, 0.3) is 22.3 Å². The van der Waals surface area contributed by atoms with Gasteiger partial charge in [-0.2, -0.15) is 0 Å². The van der Waals surface area contributed by atoms with Crippen molar-refractivity contribution in [2.45, 2.75) is 25.7 Å². The summed E-state index contributed by atoms with van der Waals surface area (Å²) in [6.45, 7) is 0. The summed E-state index contributed by atoms with van der Waals surface area (Å²) in [7, 11) is 0. The lowest BCUT2D eigenvalue weighted by atomic mass is 9.84. The maximum absolute atomic E-state index is 2.61. The minimum Gasteiger partial charge on any atom is -0.309 e. The largest absolute Gasteiger partial charge is 0.309 e. The molecule has 2 aliphatic carbocycles. The van der Waals surface area contributed by atoms with Crippen LogP contribution in [0.4, 0.5) is 17.1 Å². The van der Waals surface area contributed by atoms with Crippen LogP contribution in [0.1, 0.15) is 44.5 Å². The van der Waals surface area contributed by atoms with E-state index in [9.17, 15) is 0 Å². The number of para-hydroxylation sites is 2. The standard InChI is InChI=1S/C34H23N/c1-3-10-28-20(6-1)14-26-19-30-27(18-29(26)28)16-22-12-13-25-17-24-9-5-8-23-15-21-7-2-4-11-31(21)35(33(23)24)34(25)32(22)30/h1-13,18-19H,14-17H2. The molecule has 0 unspecified atom stereocenters. The van der Waals surface area contributed by atoms with Gasteiger partial charge in [-0.3, -0.25) is 0 Å². The fraction of sp³-hybridized carbons (Fsp3) is 0.118. The molecule has 0 atom stereocenters. The Kier molecular flexibility index (Phi) is 3.29. The molecule has 5 aromatic carbocycles. The summed E-state index contributed by atoms with van der Waals surface area (Å²) in [5, 5.41) is 0. The molecule has 2 heterocycles. The molecule has 0 saturated carbocycles. The maximum atomic E-state index is 2.61. The van der Waals surface area contributed by atoms with E-state index in [1.165, 1.54) is 83.8 Å². The highest BCUT2D eigenvalue weighted by atomic mass is 15.2. The van der Waals surface area contributed by atoms with E-state index in [1.807, 2.05) is 0 Å². The molecule has 0 spiro atoms. The number of rotatable bonds is 0. The first kappa shape index (κ1) is 18.3. The number of nitrogens with zero attached hydrogens (tertiary/aromatic N) is 1. The minimum atomic E-state index is 1.01. The highest BCUT2D eigenvalue weighted by Crippen LogP contribution is 2.56. The fourth-order valence-electron chi connectivity index (χ4n) is 7.19. The van der Waals surface area contributed by atoms with Gasteiger partial charge in [0, 0.05) is 24.1 Å². The summed E-state index contributed by atoms with van der Waals surface area (Å²) in [5.41, 5.74) is 21.6. The summed E-state index contributed by atoms with van der Waals surface area (Å²) < 4.78 is 0. The van der Waals surface area contributed by atoms with Crippen LogP contribution in [0.15, 0.2) is 91.0 Å². The van der Waals surface area contributed by atoms with E-state index < -0.39 is 0 Å². The molecule has 0 fully saturated rings. The molecule has 0 aromatic heterocycles. The first-order valence-corrected chi connectivity index (χ1v) is 12.7. The Bertz CT molecular complexity index is 1740. The van der Waals surface area contributed by atoms with Gasteiger partial charge in [0.25, 0.3) is 0 Å². The van der Waals surface area contributed by atoms with Crippen LogP contribution < -0.4 is 4.90 Å². The molecule has 0 N–H and O–H groups in total. The molecule has 0 saturated heterocycles. The molecule has 164 valence electrons. The number of benzene rings is 5. The lowest BCUT2D eigenvalue weighted by Crippen LogP contribution is -2.25. The predicted molar refractivity (Wildman–Crippen MR) is 143 cm³/mol. The maximum Gasteiger partial charge on any atom is 0.0578 e. The van der Waals surface area contributed by atoms with Gasteiger partial charge in [-0.25, -0.2) is 0 Å². The lowest BCUT2D eigenvalue weighted by molar-refractivity contribution is 1.01. The zero-order chi connectivity index (χ0) is 22.7. The molecular weight excluding hydrogens is 422 g/mol. The van der Waals surface area contributed by atoms with E-state index in [0.717, 1.165) is 25.7 Å². The van der Waals surface area contributed by atoms with Gasteiger partial charge in [0.1, 0.15) is 0 Å². The Labute approximate surface area is 205 Å². The van der Waals surface area contributed by atoms with Crippen LogP contribution in [0.3, 0.4) is 0 Å². The van der Waals surface area contributed by atoms with Crippen LogP contribution in [0, 0.1) is 0 Å². The van der Waals surface area contributed by atoms with Crippen molar-refractivity contribution in [1.29, 1.82) is 0 Å². The summed E-state index contributed by atoms with van der Waals surface area (Å²) in [4.78, 5) is 2.61. The van der Waals surface area contributed by atoms with Gasteiger partial charge in [-0.15, -0.1) is 0 Å². The van der Waals surface area contributed by atoms with Gasteiger partial charge in [-0.1, -0.05) is 72.8 Å². The number of hydrogen-bond acceptors (Lipinski definition) is 1. The second-order valence-corrected chi connectivity index (χ2v) is 10.5. The molecule has 1 heteroatoms. The average molecular weight is 446 g/mol. The van der Waals surface area contributed by atoms with Crippen LogP contribution in [0.5, 0.6) is 0 Å². The fourth-order valence-corrected chi connectivity index (χ4v) is 7.19. The van der Waals surface area contributed by atoms with E-state index in [1.54, 1.807) is 0 Å². The Balaban J connectivity index is 1.32. The van der Waals surface area contributed by atoms with Crippen molar-refractivity contribution in [2.75, 3.05) is 4.90 Å². The molecule has 5 aromatic rings. The van der Waals surface area contributed by atoms with Gasteiger partial charge >= 0.3 is 0 Å². The Morgan fingerprint density at radius 3 is 1.91 bits per heavy atom. The van der Waals surface area contributed by atoms with Crippen molar-refractivity contribution in [1.82, 2.24) is 0 Å². The van der Waals surface area contributed by atoms with Crippen molar-refractivity contribution in [3.63, 3.8) is 0 Å². The molecule has 0 bridgehead atoms. The molecule has 0 amide bonds. The summed E-state index contributed by atoms with van der Waals surface area (Å²) in [6.07, 6.45) is 4.10. The van der Waals surface area contributed by atoms with E-state index in [4.69, 9.17) is 0 Å². The van der Waals surface area contributed by atoms with Gasteiger partial charge in [0.05, 0.1) is 11.4 Å². The Morgan fingerprint density at radius 1 is 0.400 bits per heavy atom. The molecule has 1 nitrogen and oxygen atoms in total. The lowest BCUT2D eigenvalue weighted by Gasteiger charge is -2.40. The van der Waals surface area contributed by atoms with Crippen molar-refractivity contribution < 1.29 is 0 Å². The molecule has 35 heavy (non-hydrogen) atoms. The Hall–Kier alpha value is -4.10. The smallest absolute Gasteiger partial charge is 0.0578 e. The second-order valence-electron chi connectivity index (χ2n) is 10.5. The predicted octanol–water partition coefficient (Wildman–Crippen LogP) is 8.11. The third-order valence-corrected chi connectivity index (χ3v) is 8.66. The first-order chi connectivity index (χ1) is 17.3. The third kappa shape index (κ3) is 2.29. The highest BCUT2D eigenvalue weighted by molar-refractivity contribution is 6.00. The minimum absolute atomic E-state index is 1.01. The zero-order valence-electron chi connectivity index (χ0n) is 19.4. The van der Waals surface area contributed by atoms with Gasteiger partial charge in [-0.05, 0) is 92.2 Å². The van der Waals surface area contributed by atoms with Gasteiger partial charge in [0.15, 0.2) is 0 Å². The molecule has 0 radical (unpaired) electrons. The van der Waals surface area contributed by atoms with Crippen LogP contribution in [-0.4, -0.2) is 0 Å².